The molecular formula is C15H18FNO. The molecule has 1 fully saturated rings. The second-order valence-corrected chi connectivity index (χ2v) is 5.10. The second kappa shape index (κ2) is 4.73. The summed E-state index contributed by atoms with van der Waals surface area (Å²) in [5, 5.41) is 4.36. The van der Waals surface area contributed by atoms with E-state index in [4.69, 9.17) is 4.42 Å². The van der Waals surface area contributed by atoms with Gasteiger partial charge in [0.25, 0.3) is 0 Å². The summed E-state index contributed by atoms with van der Waals surface area (Å²) in [6.45, 7) is 3.15. The zero-order valence-corrected chi connectivity index (χ0v) is 10.6. The zero-order chi connectivity index (χ0) is 12.5. The molecule has 0 aliphatic heterocycles. The van der Waals surface area contributed by atoms with Crippen molar-refractivity contribution in [1.29, 1.82) is 0 Å². The molecule has 18 heavy (non-hydrogen) atoms. The number of nitrogens with one attached hydrogen (secondary N) is 1. The summed E-state index contributed by atoms with van der Waals surface area (Å²) in [5.41, 5.74) is 0.790. The molecule has 3 rings (SSSR count). The van der Waals surface area contributed by atoms with Crippen molar-refractivity contribution in [3.63, 3.8) is 0 Å². The minimum atomic E-state index is -0.202. The molecule has 2 atom stereocenters. The average molecular weight is 247 g/mol. The molecule has 2 nitrogen and oxygen atoms in total. The van der Waals surface area contributed by atoms with Gasteiger partial charge in [-0.2, -0.15) is 0 Å². The van der Waals surface area contributed by atoms with Crippen molar-refractivity contribution in [2.75, 3.05) is 6.54 Å². The molecule has 1 saturated carbocycles. The van der Waals surface area contributed by atoms with Crippen molar-refractivity contribution < 1.29 is 8.81 Å². The Bertz CT molecular complexity index is 548. The molecule has 1 aliphatic rings. The number of hydrogen-bond donors (Lipinski definition) is 1. The highest BCUT2D eigenvalue weighted by molar-refractivity contribution is 5.78. The van der Waals surface area contributed by atoms with E-state index < -0.39 is 0 Å². The van der Waals surface area contributed by atoms with Crippen LogP contribution in [0.15, 0.2) is 28.7 Å². The zero-order valence-electron chi connectivity index (χ0n) is 10.6. The van der Waals surface area contributed by atoms with Gasteiger partial charge in [-0.25, -0.2) is 4.39 Å². The third kappa shape index (κ3) is 2.15. The molecule has 1 aliphatic carbocycles. The van der Waals surface area contributed by atoms with Gasteiger partial charge >= 0.3 is 0 Å². The summed E-state index contributed by atoms with van der Waals surface area (Å²) >= 11 is 0. The monoisotopic (exact) mass is 247 g/mol. The van der Waals surface area contributed by atoms with Crippen molar-refractivity contribution in [1.82, 2.24) is 5.32 Å². The quantitative estimate of drug-likeness (QED) is 0.892. The van der Waals surface area contributed by atoms with Gasteiger partial charge in [0, 0.05) is 17.3 Å². The molecule has 1 N–H and O–H groups in total. The van der Waals surface area contributed by atoms with Gasteiger partial charge in [0.2, 0.25) is 0 Å². The van der Waals surface area contributed by atoms with Gasteiger partial charge in [-0.05, 0) is 50.1 Å². The van der Waals surface area contributed by atoms with Crippen LogP contribution in [0.4, 0.5) is 4.39 Å². The van der Waals surface area contributed by atoms with Gasteiger partial charge in [0.05, 0.1) is 0 Å². The van der Waals surface area contributed by atoms with Crippen molar-refractivity contribution >= 4 is 11.0 Å². The summed E-state index contributed by atoms with van der Waals surface area (Å²) in [6, 6.07) is 7.30. The molecule has 1 aromatic carbocycles. The highest BCUT2D eigenvalue weighted by Crippen LogP contribution is 2.37. The molecule has 0 bridgehead atoms. The SMILES string of the molecule is CCNC1CCC(c2cc3cc(F)ccc3o2)C1. The van der Waals surface area contributed by atoms with Gasteiger partial charge in [-0.1, -0.05) is 6.92 Å². The Kier molecular flexibility index (Phi) is 3.08. The Morgan fingerprint density at radius 2 is 2.22 bits per heavy atom. The minimum Gasteiger partial charge on any atom is -0.461 e. The Hall–Kier alpha value is -1.35. The highest BCUT2D eigenvalue weighted by atomic mass is 19.1. The number of benzene rings is 1. The summed E-state index contributed by atoms with van der Waals surface area (Å²) < 4.78 is 19.0. The first kappa shape index (κ1) is 11.7. The van der Waals surface area contributed by atoms with Crippen LogP contribution in [-0.2, 0) is 0 Å². The van der Waals surface area contributed by atoms with Crippen molar-refractivity contribution in [2.24, 2.45) is 0 Å². The predicted molar refractivity (Wildman–Crippen MR) is 70.2 cm³/mol. The molecule has 96 valence electrons. The standard InChI is InChI=1S/C15H18FNO/c1-2-17-13-5-3-10(8-13)15-9-11-7-12(16)4-6-14(11)18-15/h4,6-7,9-10,13,17H,2-3,5,8H2,1H3. The third-order valence-electron chi connectivity index (χ3n) is 3.83. The second-order valence-electron chi connectivity index (χ2n) is 5.10. The number of hydrogen-bond acceptors (Lipinski definition) is 2. The van der Waals surface area contributed by atoms with Crippen LogP contribution in [0.2, 0.25) is 0 Å². The lowest BCUT2D eigenvalue weighted by Crippen LogP contribution is -2.25. The van der Waals surface area contributed by atoms with Gasteiger partial charge in [-0.3, -0.25) is 0 Å². The molecule has 2 unspecified atom stereocenters. The third-order valence-corrected chi connectivity index (χ3v) is 3.83. The van der Waals surface area contributed by atoms with Crippen LogP contribution < -0.4 is 5.32 Å². The first-order valence-electron chi connectivity index (χ1n) is 6.68. The van der Waals surface area contributed by atoms with E-state index >= 15 is 0 Å². The highest BCUT2D eigenvalue weighted by Gasteiger charge is 2.27. The van der Waals surface area contributed by atoms with E-state index in [1.54, 1.807) is 12.1 Å². The van der Waals surface area contributed by atoms with Gasteiger partial charge < -0.3 is 9.73 Å². The van der Waals surface area contributed by atoms with Crippen LogP contribution in [0.3, 0.4) is 0 Å². The van der Waals surface area contributed by atoms with E-state index in [9.17, 15) is 4.39 Å². The Balaban J connectivity index is 1.82. The van der Waals surface area contributed by atoms with E-state index in [0.29, 0.717) is 12.0 Å². The van der Waals surface area contributed by atoms with E-state index in [0.717, 1.165) is 36.1 Å². The van der Waals surface area contributed by atoms with Crippen LogP contribution in [-0.4, -0.2) is 12.6 Å². The molecule has 0 saturated heterocycles. The minimum absolute atomic E-state index is 0.202. The van der Waals surface area contributed by atoms with E-state index in [-0.39, 0.29) is 5.82 Å². The number of halogens is 1. The lowest BCUT2D eigenvalue weighted by atomic mass is 10.0. The molecule has 0 spiro atoms. The molecule has 0 amide bonds. The van der Waals surface area contributed by atoms with Crippen LogP contribution in [0, 0.1) is 5.82 Å². The maximum absolute atomic E-state index is 13.1. The van der Waals surface area contributed by atoms with Crippen LogP contribution in [0.1, 0.15) is 37.9 Å². The van der Waals surface area contributed by atoms with Crippen molar-refractivity contribution in [3.8, 4) is 0 Å². The first-order chi connectivity index (χ1) is 8.76. The topological polar surface area (TPSA) is 25.2 Å². The maximum Gasteiger partial charge on any atom is 0.134 e. The van der Waals surface area contributed by atoms with E-state index in [1.165, 1.54) is 12.5 Å². The largest absolute Gasteiger partial charge is 0.461 e. The summed E-state index contributed by atoms with van der Waals surface area (Å²) in [4.78, 5) is 0. The smallest absolute Gasteiger partial charge is 0.134 e. The predicted octanol–water partition coefficient (Wildman–Crippen LogP) is 3.82. The Labute approximate surface area is 106 Å². The van der Waals surface area contributed by atoms with E-state index in [2.05, 4.69) is 12.2 Å². The first-order valence-corrected chi connectivity index (χ1v) is 6.68. The number of furan rings is 1. The lowest BCUT2D eigenvalue weighted by Gasteiger charge is -2.09. The van der Waals surface area contributed by atoms with Gasteiger partial charge in [0.15, 0.2) is 0 Å². The Morgan fingerprint density at radius 3 is 3.06 bits per heavy atom. The fourth-order valence-electron chi connectivity index (χ4n) is 2.95. The molecular weight excluding hydrogens is 229 g/mol. The summed E-state index contributed by atoms with van der Waals surface area (Å²) in [5.74, 6) is 1.28. The molecule has 0 radical (unpaired) electrons. The molecule has 2 aromatic rings. The Morgan fingerprint density at radius 1 is 1.33 bits per heavy atom. The summed E-state index contributed by atoms with van der Waals surface area (Å²) in [7, 11) is 0. The van der Waals surface area contributed by atoms with Gasteiger partial charge in [-0.15, -0.1) is 0 Å². The van der Waals surface area contributed by atoms with Gasteiger partial charge in [0.1, 0.15) is 17.2 Å². The van der Waals surface area contributed by atoms with Crippen LogP contribution >= 0.6 is 0 Å². The number of rotatable bonds is 3. The fourth-order valence-corrected chi connectivity index (χ4v) is 2.95. The fraction of sp³-hybridized carbons (Fsp3) is 0.467. The van der Waals surface area contributed by atoms with Crippen molar-refractivity contribution in [2.45, 2.75) is 38.1 Å². The van der Waals surface area contributed by atoms with Crippen LogP contribution in [0.25, 0.3) is 11.0 Å². The van der Waals surface area contributed by atoms with E-state index in [1.807, 2.05) is 6.07 Å². The molecule has 3 heteroatoms. The average Bonchev–Trinajstić information content (AvgIpc) is 2.94. The summed E-state index contributed by atoms with van der Waals surface area (Å²) in [6.07, 6.45) is 3.47. The lowest BCUT2D eigenvalue weighted by molar-refractivity contribution is 0.477. The molecule has 1 heterocycles. The van der Waals surface area contributed by atoms with Crippen molar-refractivity contribution in [3.05, 3.63) is 35.8 Å². The number of fused-ring (bicyclic) bond motifs is 1. The van der Waals surface area contributed by atoms with Crippen LogP contribution in [0.5, 0.6) is 0 Å². The maximum atomic E-state index is 13.1. The normalized spacial score (nSPS) is 23.9. The molecule has 1 aromatic heterocycles.